The van der Waals surface area contributed by atoms with Crippen LogP contribution in [0.1, 0.15) is 39.5 Å². The number of para-hydroxylation sites is 1. The number of sulfonamides is 1. The van der Waals surface area contributed by atoms with Crippen LogP contribution in [0.5, 0.6) is 0 Å². The zero-order chi connectivity index (χ0) is 26.1. The third-order valence-electron chi connectivity index (χ3n) is 6.93. The molecule has 9 nitrogen and oxygen atoms in total. The van der Waals surface area contributed by atoms with Crippen molar-refractivity contribution in [3.8, 4) is 0 Å². The van der Waals surface area contributed by atoms with E-state index in [2.05, 4.69) is 10.6 Å². The second-order valence-electron chi connectivity index (χ2n) is 9.13. The van der Waals surface area contributed by atoms with Crippen molar-refractivity contribution in [3.63, 3.8) is 0 Å². The summed E-state index contributed by atoms with van der Waals surface area (Å²) in [6.07, 6.45) is 3.17. The smallest absolute Gasteiger partial charge is 0.323 e. The predicted octanol–water partition coefficient (Wildman–Crippen LogP) is 3.99. The van der Waals surface area contributed by atoms with Gasteiger partial charge in [0.05, 0.1) is 21.3 Å². The fourth-order valence-electron chi connectivity index (χ4n) is 4.95. The van der Waals surface area contributed by atoms with E-state index in [0.717, 1.165) is 24.2 Å². The highest BCUT2D eigenvalue weighted by Crippen LogP contribution is 2.38. The van der Waals surface area contributed by atoms with E-state index in [0.29, 0.717) is 12.1 Å². The molecule has 1 heterocycles. The monoisotopic (exact) mass is 532 g/mol. The maximum atomic E-state index is 13.3. The minimum atomic E-state index is -3.95. The summed E-state index contributed by atoms with van der Waals surface area (Å²) >= 11 is 6.25. The number of carbonyl (C=O) groups excluding carboxylic acids is 3. The predicted molar refractivity (Wildman–Crippen MR) is 137 cm³/mol. The van der Waals surface area contributed by atoms with Crippen molar-refractivity contribution in [3.05, 3.63) is 53.6 Å². The van der Waals surface area contributed by atoms with Crippen LogP contribution < -0.4 is 14.9 Å². The van der Waals surface area contributed by atoms with Crippen molar-refractivity contribution in [1.29, 1.82) is 0 Å². The molecule has 11 heteroatoms. The average molecular weight is 533 g/mol. The molecule has 1 spiro atoms. The molecule has 2 atom stereocenters. The summed E-state index contributed by atoms with van der Waals surface area (Å²) in [5, 5.41) is 5.50. The number of nitrogens with zero attached hydrogens (tertiary/aromatic N) is 2. The van der Waals surface area contributed by atoms with Crippen molar-refractivity contribution in [2.24, 2.45) is 5.92 Å². The van der Waals surface area contributed by atoms with Crippen LogP contribution in [-0.2, 0) is 19.6 Å². The number of halogens is 1. The summed E-state index contributed by atoms with van der Waals surface area (Å²) in [6.45, 7) is 3.35. The van der Waals surface area contributed by atoms with Crippen LogP contribution in [0.3, 0.4) is 0 Å². The van der Waals surface area contributed by atoms with Gasteiger partial charge in [-0.2, -0.15) is 0 Å². The molecule has 0 bridgehead atoms. The molecule has 0 radical (unpaired) electrons. The van der Waals surface area contributed by atoms with Crippen LogP contribution in [0.2, 0.25) is 5.02 Å². The molecule has 1 aliphatic carbocycles. The van der Waals surface area contributed by atoms with Gasteiger partial charge in [-0.1, -0.05) is 49.6 Å². The number of hydrogen-bond donors (Lipinski definition) is 2. The quantitative estimate of drug-likeness (QED) is 0.523. The molecule has 36 heavy (non-hydrogen) atoms. The molecule has 1 aliphatic heterocycles. The molecule has 1 saturated heterocycles. The molecule has 192 valence electrons. The molecule has 2 N–H and O–H groups in total. The van der Waals surface area contributed by atoms with E-state index in [-0.39, 0.29) is 28.1 Å². The second-order valence-corrected chi connectivity index (χ2v) is 11.4. The highest BCUT2D eigenvalue weighted by Gasteiger charge is 2.55. The Kier molecular flexibility index (Phi) is 7.28. The van der Waals surface area contributed by atoms with Gasteiger partial charge < -0.3 is 10.6 Å². The molecular formula is C25H29ClN4O5S. The van der Waals surface area contributed by atoms with Gasteiger partial charge in [-0.15, -0.1) is 0 Å². The number of imide groups is 1. The van der Waals surface area contributed by atoms with Gasteiger partial charge in [0.2, 0.25) is 5.91 Å². The molecule has 2 fully saturated rings. The van der Waals surface area contributed by atoms with Crippen LogP contribution in [0.4, 0.5) is 16.2 Å². The normalized spacial score (nSPS) is 22.0. The number of urea groups is 1. The van der Waals surface area contributed by atoms with Crippen molar-refractivity contribution < 1.29 is 22.8 Å². The molecular weight excluding hydrogens is 504 g/mol. The first-order chi connectivity index (χ1) is 17.1. The van der Waals surface area contributed by atoms with E-state index in [9.17, 15) is 22.8 Å². The Morgan fingerprint density at radius 3 is 2.58 bits per heavy atom. The number of hydrogen-bond acceptors (Lipinski definition) is 5. The molecule has 2 aromatic carbocycles. The van der Waals surface area contributed by atoms with Crippen molar-refractivity contribution in [1.82, 2.24) is 10.2 Å². The van der Waals surface area contributed by atoms with Gasteiger partial charge in [0.25, 0.3) is 15.9 Å². The number of anilines is 2. The largest absolute Gasteiger partial charge is 0.325 e. The fraction of sp³-hybridized carbons (Fsp3) is 0.400. The summed E-state index contributed by atoms with van der Waals surface area (Å²) in [7, 11) is -3.95. The molecule has 1 saturated carbocycles. The Morgan fingerprint density at radius 2 is 1.92 bits per heavy atom. The van der Waals surface area contributed by atoms with E-state index in [4.69, 9.17) is 11.6 Å². The number of amides is 4. The summed E-state index contributed by atoms with van der Waals surface area (Å²) in [6, 6.07) is 12.1. The first-order valence-corrected chi connectivity index (χ1v) is 13.7. The lowest BCUT2D eigenvalue weighted by Gasteiger charge is -2.36. The van der Waals surface area contributed by atoms with Gasteiger partial charge in [-0.25, -0.2) is 13.2 Å². The Hall–Kier alpha value is -3.11. The van der Waals surface area contributed by atoms with Gasteiger partial charge in [0, 0.05) is 6.54 Å². The Balaban J connectivity index is 1.53. The summed E-state index contributed by atoms with van der Waals surface area (Å²) in [4.78, 5) is 39.4. The van der Waals surface area contributed by atoms with Crippen LogP contribution >= 0.6 is 11.6 Å². The highest BCUT2D eigenvalue weighted by molar-refractivity contribution is 7.92. The second kappa shape index (κ2) is 10.1. The van der Waals surface area contributed by atoms with Gasteiger partial charge >= 0.3 is 6.03 Å². The first-order valence-electron chi connectivity index (χ1n) is 11.9. The van der Waals surface area contributed by atoms with Crippen LogP contribution in [0.15, 0.2) is 53.4 Å². The Morgan fingerprint density at radius 1 is 1.19 bits per heavy atom. The Labute approximate surface area is 215 Å². The van der Waals surface area contributed by atoms with Gasteiger partial charge in [-0.3, -0.25) is 18.8 Å². The van der Waals surface area contributed by atoms with Gasteiger partial charge in [-0.05, 0) is 56.0 Å². The molecule has 0 unspecified atom stereocenters. The maximum Gasteiger partial charge on any atom is 0.325 e. The highest BCUT2D eigenvalue weighted by atomic mass is 35.5. The summed E-state index contributed by atoms with van der Waals surface area (Å²) in [5.74, 6) is -1.09. The summed E-state index contributed by atoms with van der Waals surface area (Å²) < 4.78 is 27.9. The number of benzene rings is 2. The third kappa shape index (κ3) is 4.67. The standard InChI is InChI=1S/C25H29ClN4O5S/c1-3-30(18-10-5-4-6-11-18)36(34,35)19-12-13-20(26)21(15-19)27-22(31)16-29-23(32)25(28-24(29)33)14-8-7-9-17(25)2/h4-6,10-13,15,17H,3,7-9,14,16H2,1-2H3,(H,27,31)(H,28,33)/t17-,25+/m1/s1. The maximum absolute atomic E-state index is 13.3. The van der Waals surface area contributed by atoms with E-state index < -0.39 is 40.0 Å². The zero-order valence-electron chi connectivity index (χ0n) is 20.2. The molecule has 0 aromatic heterocycles. The fourth-order valence-corrected chi connectivity index (χ4v) is 6.61. The van der Waals surface area contributed by atoms with Crippen molar-refractivity contribution in [2.45, 2.75) is 50.0 Å². The lowest BCUT2D eigenvalue weighted by Crippen LogP contribution is -2.54. The SMILES string of the molecule is CCN(c1ccccc1)S(=O)(=O)c1ccc(Cl)c(NC(=O)CN2C(=O)N[C@]3(CCCC[C@H]3C)C2=O)c1. The molecule has 2 aromatic rings. The molecule has 2 aliphatic rings. The number of nitrogens with one attached hydrogen (secondary N) is 2. The van der Waals surface area contributed by atoms with Crippen LogP contribution in [0.25, 0.3) is 0 Å². The topological polar surface area (TPSA) is 116 Å². The third-order valence-corrected chi connectivity index (χ3v) is 9.16. The van der Waals surface area contributed by atoms with E-state index in [1.165, 1.54) is 22.5 Å². The molecule has 4 amide bonds. The van der Waals surface area contributed by atoms with E-state index in [1.54, 1.807) is 37.3 Å². The van der Waals surface area contributed by atoms with Crippen LogP contribution in [-0.4, -0.2) is 49.8 Å². The van der Waals surface area contributed by atoms with Crippen LogP contribution in [0, 0.1) is 5.92 Å². The zero-order valence-corrected chi connectivity index (χ0v) is 21.7. The summed E-state index contributed by atoms with van der Waals surface area (Å²) in [5.41, 5.74) is -0.396. The lowest BCUT2D eigenvalue weighted by molar-refractivity contribution is -0.136. The minimum absolute atomic E-state index is 0.0294. The first kappa shape index (κ1) is 26.0. The van der Waals surface area contributed by atoms with E-state index in [1.807, 2.05) is 6.92 Å². The van der Waals surface area contributed by atoms with Gasteiger partial charge in [0.15, 0.2) is 0 Å². The minimum Gasteiger partial charge on any atom is -0.323 e. The van der Waals surface area contributed by atoms with Crippen molar-refractivity contribution >= 4 is 50.8 Å². The average Bonchev–Trinajstić information content (AvgIpc) is 3.08. The van der Waals surface area contributed by atoms with E-state index >= 15 is 0 Å². The number of rotatable bonds is 7. The Bertz CT molecular complexity index is 1290. The molecule has 4 rings (SSSR count). The lowest BCUT2D eigenvalue weighted by atomic mass is 9.73. The van der Waals surface area contributed by atoms with Gasteiger partial charge in [0.1, 0.15) is 12.1 Å². The van der Waals surface area contributed by atoms with Crippen molar-refractivity contribution in [2.75, 3.05) is 22.7 Å². The number of carbonyl (C=O) groups is 3.